The van der Waals surface area contributed by atoms with E-state index in [1.54, 1.807) is 11.8 Å². The van der Waals surface area contributed by atoms with Gasteiger partial charge in [0.15, 0.2) is 0 Å². The molecule has 3 rings (SSSR count). The summed E-state index contributed by atoms with van der Waals surface area (Å²) in [5.74, 6) is 3.93. The molecule has 1 aliphatic heterocycles. The summed E-state index contributed by atoms with van der Waals surface area (Å²) in [4.78, 5) is 31.2. The van der Waals surface area contributed by atoms with Crippen molar-refractivity contribution in [2.45, 2.75) is 46.6 Å². The minimum atomic E-state index is -0.667. The highest BCUT2D eigenvalue weighted by Gasteiger charge is 2.31. The minimum Gasteiger partial charge on any atom is -0.367 e. The Hall–Kier alpha value is -3.01. The number of nitrogens with two attached hydrogens (primary N) is 1. The molecule has 0 bridgehead atoms. The van der Waals surface area contributed by atoms with Gasteiger partial charge in [0.25, 0.3) is 11.8 Å². The quantitative estimate of drug-likeness (QED) is 0.777. The summed E-state index contributed by atoms with van der Waals surface area (Å²) >= 11 is 0. The van der Waals surface area contributed by atoms with Gasteiger partial charge >= 0.3 is 0 Å². The van der Waals surface area contributed by atoms with Gasteiger partial charge in [0.1, 0.15) is 5.82 Å². The zero-order chi connectivity index (χ0) is 21.3. The van der Waals surface area contributed by atoms with E-state index in [1.807, 2.05) is 25.7 Å². The van der Waals surface area contributed by atoms with Crippen molar-refractivity contribution in [3.8, 4) is 11.8 Å². The van der Waals surface area contributed by atoms with Gasteiger partial charge in [-0.2, -0.15) is 0 Å². The number of aromatic nitrogens is 1. The van der Waals surface area contributed by atoms with Crippen LogP contribution in [0.4, 0.5) is 10.1 Å². The van der Waals surface area contributed by atoms with Gasteiger partial charge < -0.3 is 20.5 Å². The maximum atomic E-state index is 15.2. The van der Waals surface area contributed by atoms with Crippen LogP contribution in [0.15, 0.2) is 6.07 Å². The van der Waals surface area contributed by atoms with Crippen molar-refractivity contribution in [1.82, 2.24) is 9.88 Å². The van der Waals surface area contributed by atoms with Gasteiger partial charge in [-0.05, 0) is 58.1 Å². The van der Waals surface area contributed by atoms with E-state index in [0.717, 1.165) is 24.1 Å². The van der Waals surface area contributed by atoms with Crippen molar-refractivity contribution in [3.05, 3.63) is 28.7 Å². The predicted octanol–water partition coefficient (Wildman–Crippen LogP) is 2.86. The molecule has 0 spiro atoms. The first-order chi connectivity index (χ1) is 13.8. The third-order valence-corrected chi connectivity index (χ3v) is 5.76. The second-order valence-corrected chi connectivity index (χ2v) is 7.45. The van der Waals surface area contributed by atoms with Gasteiger partial charge in [0, 0.05) is 30.7 Å². The van der Waals surface area contributed by atoms with Gasteiger partial charge in [0.05, 0.1) is 22.8 Å². The second kappa shape index (κ2) is 8.16. The number of fused-ring (bicyclic) bond motifs is 1. The molecule has 2 heterocycles. The molecule has 0 radical (unpaired) electrons. The number of benzene rings is 1. The Morgan fingerprint density at radius 1 is 1.41 bits per heavy atom. The molecule has 6 nitrogen and oxygen atoms in total. The molecule has 0 aliphatic carbocycles. The SMILES string of the molecule is CC#CC(=O)N(CC)C1CCCN(c2c(F)cc(C(N)=O)c3[nH]c(C)c(C)c23)C1. The second-order valence-electron chi connectivity index (χ2n) is 7.45. The molecule has 0 saturated carbocycles. The zero-order valence-corrected chi connectivity index (χ0v) is 17.4. The largest absolute Gasteiger partial charge is 0.367 e. The number of anilines is 1. The number of aryl methyl sites for hydroxylation is 2. The van der Waals surface area contributed by atoms with E-state index in [9.17, 15) is 9.59 Å². The summed E-state index contributed by atoms with van der Waals surface area (Å²) in [6, 6.07) is 1.16. The van der Waals surface area contributed by atoms with Gasteiger partial charge in [0.2, 0.25) is 0 Å². The monoisotopic (exact) mass is 398 g/mol. The molecule has 29 heavy (non-hydrogen) atoms. The number of halogens is 1. The number of rotatable bonds is 4. The Labute approximate surface area is 170 Å². The fourth-order valence-corrected chi connectivity index (χ4v) is 4.27. The van der Waals surface area contributed by atoms with Crippen LogP contribution in [-0.2, 0) is 4.79 Å². The number of likely N-dealkylation sites (N-methyl/N-ethyl adjacent to an activating group) is 1. The van der Waals surface area contributed by atoms with Crippen molar-refractivity contribution in [3.63, 3.8) is 0 Å². The summed E-state index contributed by atoms with van der Waals surface area (Å²) < 4.78 is 15.2. The summed E-state index contributed by atoms with van der Waals surface area (Å²) in [6.07, 6.45) is 1.67. The Balaban J connectivity index is 2.07. The number of carbonyl (C=O) groups is 2. The van der Waals surface area contributed by atoms with Crippen LogP contribution in [-0.4, -0.2) is 47.4 Å². The van der Waals surface area contributed by atoms with E-state index >= 15 is 4.39 Å². The highest BCUT2D eigenvalue weighted by Crippen LogP contribution is 2.37. The highest BCUT2D eigenvalue weighted by atomic mass is 19.1. The van der Waals surface area contributed by atoms with Gasteiger partial charge in [-0.25, -0.2) is 4.39 Å². The van der Waals surface area contributed by atoms with E-state index in [1.165, 1.54) is 6.07 Å². The Bertz CT molecular complexity index is 1030. The first kappa shape index (κ1) is 20.7. The number of nitrogens with zero attached hydrogens (tertiary/aromatic N) is 2. The first-order valence-electron chi connectivity index (χ1n) is 9.89. The van der Waals surface area contributed by atoms with Crippen LogP contribution in [0.25, 0.3) is 10.9 Å². The van der Waals surface area contributed by atoms with Crippen LogP contribution < -0.4 is 10.6 Å². The normalized spacial score (nSPS) is 16.4. The van der Waals surface area contributed by atoms with Crippen molar-refractivity contribution < 1.29 is 14.0 Å². The van der Waals surface area contributed by atoms with E-state index in [4.69, 9.17) is 5.73 Å². The molecule has 2 amide bonds. The van der Waals surface area contributed by atoms with Crippen LogP contribution >= 0.6 is 0 Å². The summed E-state index contributed by atoms with van der Waals surface area (Å²) in [5.41, 5.74) is 8.41. The van der Waals surface area contributed by atoms with E-state index in [-0.39, 0.29) is 17.5 Å². The van der Waals surface area contributed by atoms with Gasteiger partial charge in [-0.15, -0.1) is 0 Å². The number of amides is 2. The molecule has 1 saturated heterocycles. The zero-order valence-electron chi connectivity index (χ0n) is 17.4. The number of hydrogen-bond donors (Lipinski definition) is 2. The molecule has 154 valence electrons. The lowest BCUT2D eigenvalue weighted by Crippen LogP contribution is -2.50. The fraction of sp³-hybridized carbons (Fsp3) is 0.455. The average molecular weight is 398 g/mol. The van der Waals surface area contributed by atoms with Crippen LogP contribution in [0.3, 0.4) is 0 Å². The molecule has 1 fully saturated rings. The topological polar surface area (TPSA) is 82.4 Å². The highest BCUT2D eigenvalue weighted by molar-refractivity contribution is 6.10. The van der Waals surface area contributed by atoms with E-state index in [2.05, 4.69) is 16.8 Å². The van der Waals surface area contributed by atoms with Crippen LogP contribution in [0.1, 0.15) is 48.3 Å². The van der Waals surface area contributed by atoms with Crippen molar-refractivity contribution in [2.75, 3.05) is 24.5 Å². The fourth-order valence-electron chi connectivity index (χ4n) is 4.27. The number of piperidine rings is 1. The molecule has 1 unspecified atom stereocenters. The molecule has 7 heteroatoms. The number of H-pyrrole nitrogens is 1. The van der Waals surface area contributed by atoms with Gasteiger partial charge in [-0.1, -0.05) is 5.92 Å². The third kappa shape index (κ3) is 3.67. The summed E-state index contributed by atoms with van der Waals surface area (Å²) in [7, 11) is 0. The number of primary amides is 1. The van der Waals surface area contributed by atoms with Crippen LogP contribution in [0.2, 0.25) is 0 Å². The Morgan fingerprint density at radius 3 is 2.76 bits per heavy atom. The molecular formula is C22H27FN4O2. The maximum absolute atomic E-state index is 15.2. The molecular weight excluding hydrogens is 371 g/mol. The van der Waals surface area contributed by atoms with Crippen molar-refractivity contribution in [2.24, 2.45) is 5.73 Å². The maximum Gasteiger partial charge on any atom is 0.298 e. The Morgan fingerprint density at radius 2 is 2.14 bits per heavy atom. The molecule has 1 aromatic carbocycles. The molecule has 1 atom stereocenters. The lowest BCUT2D eigenvalue weighted by Gasteiger charge is -2.39. The average Bonchev–Trinajstić information content (AvgIpc) is 2.97. The number of aromatic amines is 1. The van der Waals surface area contributed by atoms with Crippen molar-refractivity contribution >= 4 is 28.4 Å². The predicted molar refractivity (Wildman–Crippen MR) is 112 cm³/mol. The first-order valence-corrected chi connectivity index (χ1v) is 9.89. The standard InChI is InChI=1S/C22H27FN4O2/c1-5-8-18(28)27(6-2)15-9-7-10-26(12-15)21-17(23)11-16(22(24)29)20-19(21)13(3)14(4)25-20/h11,15,25H,6-7,9-10,12H2,1-4H3,(H2,24,29). The van der Waals surface area contributed by atoms with Crippen molar-refractivity contribution in [1.29, 1.82) is 0 Å². The number of hydrogen-bond acceptors (Lipinski definition) is 3. The molecule has 2 aromatic rings. The number of nitrogens with one attached hydrogen (secondary N) is 1. The third-order valence-electron chi connectivity index (χ3n) is 5.76. The molecule has 3 N–H and O–H groups in total. The van der Waals surface area contributed by atoms with Crippen LogP contribution in [0.5, 0.6) is 0 Å². The lowest BCUT2D eigenvalue weighted by molar-refractivity contribution is -0.127. The number of carbonyl (C=O) groups excluding carboxylic acids is 2. The lowest BCUT2D eigenvalue weighted by atomic mass is 9.99. The molecule has 1 aliphatic rings. The van der Waals surface area contributed by atoms with Gasteiger partial charge in [-0.3, -0.25) is 9.59 Å². The Kier molecular flexibility index (Phi) is 5.83. The summed E-state index contributed by atoms with van der Waals surface area (Å²) in [5, 5.41) is 0.680. The van der Waals surface area contributed by atoms with E-state index < -0.39 is 11.7 Å². The van der Waals surface area contributed by atoms with E-state index in [0.29, 0.717) is 36.2 Å². The van der Waals surface area contributed by atoms with Crippen LogP contribution in [0, 0.1) is 31.5 Å². The smallest absolute Gasteiger partial charge is 0.298 e. The molecule has 1 aromatic heterocycles. The summed E-state index contributed by atoms with van der Waals surface area (Å²) in [6.45, 7) is 9.09. The minimum absolute atomic E-state index is 0.0484.